The topological polar surface area (TPSA) is 46.5 Å². The largest absolute Gasteiger partial charge is 0.454 e. The fraction of sp³-hybridized carbons (Fsp3) is 0.500. The monoisotopic (exact) mass is 182 g/mol. The van der Waals surface area contributed by atoms with Crippen molar-refractivity contribution < 1.29 is 14.6 Å². The van der Waals surface area contributed by atoms with E-state index in [-0.39, 0.29) is 18.7 Å². The molecule has 72 valence electrons. The van der Waals surface area contributed by atoms with E-state index in [1.54, 1.807) is 0 Å². The minimum atomic E-state index is -0.309. The molecule has 3 nitrogen and oxygen atoms in total. The third-order valence-electron chi connectivity index (χ3n) is 1.80. The molecule has 1 fully saturated rings. The molecule has 0 aromatic rings. The van der Waals surface area contributed by atoms with Crippen molar-refractivity contribution in [3.8, 4) is 0 Å². The molecule has 1 aliphatic rings. The zero-order valence-corrected chi connectivity index (χ0v) is 7.91. The molecule has 0 aromatic carbocycles. The Labute approximate surface area is 77.7 Å². The Bertz CT molecular complexity index is 259. The fourth-order valence-electron chi connectivity index (χ4n) is 1.30. The van der Waals surface area contributed by atoms with Crippen LogP contribution in [-0.4, -0.2) is 23.8 Å². The molecular formula is C10H14O3. The minimum absolute atomic E-state index is 0.105. The molecule has 3 heteroatoms. The van der Waals surface area contributed by atoms with Crippen LogP contribution in [0.25, 0.3) is 0 Å². The van der Waals surface area contributed by atoms with Gasteiger partial charge >= 0.3 is 5.97 Å². The van der Waals surface area contributed by atoms with Crippen LogP contribution >= 0.6 is 0 Å². The summed E-state index contributed by atoms with van der Waals surface area (Å²) in [6, 6.07) is 0. The number of ether oxygens (including phenoxy) is 1. The highest BCUT2D eigenvalue weighted by atomic mass is 16.5. The van der Waals surface area contributed by atoms with Gasteiger partial charge in [0.1, 0.15) is 6.10 Å². The summed E-state index contributed by atoms with van der Waals surface area (Å²) in [6.45, 7) is 3.81. The number of carbonyl (C=O) groups excluding carboxylic acids is 1. The molecule has 0 radical (unpaired) electrons. The van der Waals surface area contributed by atoms with Crippen LogP contribution in [0.5, 0.6) is 0 Å². The van der Waals surface area contributed by atoms with Gasteiger partial charge in [-0.05, 0) is 26.0 Å². The maximum atomic E-state index is 11.1. The van der Waals surface area contributed by atoms with Crippen LogP contribution < -0.4 is 0 Å². The number of aliphatic hydroxyl groups excluding tert-OH is 1. The van der Waals surface area contributed by atoms with E-state index in [2.05, 4.69) is 0 Å². The number of hydrogen-bond donors (Lipinski definition) is 1. The second kappa shape index (κ2) is 4.23. The molecule has 1 saturated heterocycles. The van der Waals surface area contributed by atoms with Crippen molar-refractivity contribution in [3.63, 3.8) is 0 Å². The second-order valence-electron chi connectivity index (χ2n) is 3.30. The SMILES string of the molecule is CC(C)=C[C@H]1C/C(=C\CO)C(=O)O1. The maximum Gasteiger partial charge on any atom is 0.334 e. The van der Waals surface area contributed by atoms with Gasteiger partial charge in [-0.25, -0.2) is 4.79 Å². The van der Waals surface area contributed by atoms with Crippen molar-refractivity contribution in [2.45, 2.75) is 26.4 Å². The second-order valence-corrected chi connectivity index (χ2v) is 3.30. The number of allylic oxidation sites excluding steroid dienone is 1. The highest BCUT2D eigenvalue weighted by molar-refractivity contribution is 5.90. The Morgan fingerprint density at radius 3 is 2.92 bits per heavy atom. The first kappa shape index (κ1) is 9.99. The first-order valence-corrected chi connectivity index (χ1v) is 4.29. The van der Waals surface area contributed by atoms with Crippen molar-refractivity contribution in [3.05, 3.63) is 23.3 Å². The van der Waals surface area contributed by atoms with Crippen LogP contribution in [0.4, 0.5) is 0 Å². The van der Waals surface area contributed by atoms with Crippen molar-refractivity contribution in [2.24, 2.45) is 0 Å². The van der Waals surface area contributed by atoms with Gasteiger partial charge in [0, 0.05) is 12.0 Å². The lowest BCUT2D eigenvalue weighted by molar-refractivity contribution is -0.137. The van der Waals surface area contributed by atoms with E-state index in [0.29, 0.717) is 12.0 Å². The van der Waals surface area contributed by atoms with Crippen LogP contribution in [0.1, 0.15) is 20.3 Å². The highest BCUT2D eigenvalue weighted by Crippen LogP contribution is 2.21. The van der Waals surface area contributed by atoms with Gasteiger partial charge in [0.2, 0.25) is 0 Å². The Morgan fingerprint density at radius 1 is 1.69 bits per heavy atom. The molecule has 0 spiro atoms. The average molecular weight is 182 g/mol. The summed E-state index contributed by atoms with van der Waals surface area (Å²) < 4.78 is 5.04. The summed E-state index contributed by atoms with van der Waals surface area (Å²) >= 11 is 0. The predicted molar refractivity (Wildman–Crippen MR) is 49.1 cm³/mol. The van der Waals surface area contributed by atoms with Crippen molar-refractivity contribution >= 4 is 5.97 Å². The standard InChI is InChI=1S/C10H14O3/c1-7(2)5-9-6-8(3-4-11)10(12)13-9/h3,5,9,11H,4,6H2,1-2H3/b8-3+/t9-/m0/s1. The molecule has 0 aromatic heterocycles. The summed E-state index contributed by atoms with van der Waals surface area (Å²) in [4.78, 5) is 11.1. The van der Waals surface area contributed by atoms with E-state index in [4.69, 9.17) is 9.84 Å². The highest BCUT2D eigenvalue weighted by Gasteiger charge is 2.26. The Kier molecular flexibility index (Phi) is 3.25. The molecule has 1 aliphatic heterocycles. The maximum absolute atomic E-state index is 11.1. The van der Waals surface area contributed by atoms with Gasteiger partial charge in [0.05, 0.1) is 6.61 Å². The van der Waals surface area contributed by atoms with Gasteiger partial charge in [0.15, 0.2) is 0 Å². The Morgan fingerprint density at radius 2 is 2.38 bits per heavy atom. The van der Waals surface area contributed by atoms with E-state index in [1.165, 1.54) is 6.08 Å². The number of esters is 1. The smallest absolute Gasteiger partial charge is 0.334 e. The third kappa shape index (κ3) is 2.70. The van der Waals surface area contributed by atoms with Crippen molar-refractivity contribution in [1.82, 2.24) is 0 Å². The lowest BCUT2D eigenvalue weighted by atomic mass is 10.1. The van der Waals surface area contributed by atoms with Gasteiger partial charge in [-0.15, -0.1) is 0 Å². The quantitative estimate of drug-likeness (QED) is 0.396. The van der Waals surface area contributed by atoms with E-state index in [1.807, 2.05) is 19.9 Å². The molecule has 0 aliphatic carbocycles. The molecule has 0 bridgehead atoms. The molecule has 0 amide bonds. The van der Waals surface area contributed by atoms with Crippen LogP contribution in [0.2, 0.25) is 0 Å². The van der Waals surface area contributed by atoms with E-state index in [0.717, 1.165) is 5.57 Å². The third-order valence-corrected chi connectivity index (χ3v) is 1.80. The van der Waals surface area contributed by atoms with Crippen LogP contribution in [0.3, 0.4) is 0 Å². The summed E-state index contributed by atoms with van der Waals surface area (Å²) in [5.41, 5.74) is 1.70. The molecular weight excluding hydrogens is 168 g/mol. The average Bonchev–Trinajstić information content (AvgIpc) is 2.31. The number of rotatable bonds is 2. The number of aliphatic hydroxyl groups is 1. The molecule has 13 heavy (non-hydrogen) atoms. The molecule has 1 rings (SSSR count). The van der Waals surface area contributed by atoms with Gasteiger partial charge in [-0.1, -0.05) is 5.57 Å². The zero-order valence-electron chi connectivity index (χ0n) is 7.91. The zero-order chi connectivity index (χ0) is 9.84. The summed E-state index contributed by atoms with van der Waals surface area (Å²) in [5.74, 6) is -0.309. The fourth-order valence-corrected chi connectivity index (χ4v) is 1.30. The normalized spacial score (nSPS) is 24.7. The van der Waals surface area contributed by atoms with Gasteiger partial charge in [0.25, 0.3) is 0 Å². The first-order valence-electron chi connectivity index (χ1n) is 4.29. The number of cyclic esters (lactones) is 1. The summed E-state index contributed by atoms with van der Waals surface area (Å²) in [7, 11) is 0. The number of carbonyl (C=O) groups is 1. The molecule has 1 atom stereocenters. The number of hydrogen-bond acceptors (Lipinski definition) is 3. The first-order chi connectivity index (χ1) is 6.13. The summed E-state index contributed by atoms with van der Waals surface area (Å²) in [5, 5.41) is 8.61. The predicted octanol–water partition coefficient (Wildman–Crippen LogP) is 1.19. The molecule has 1 heterocycles. The summed E-state index contributed by atoms with van der Waals surface area (Å²) in [6.07, 6.45) is 3.84. The van der Waals surface area contributed by atoms with Crippen molar-refractivity contribution in [2.75, 3.05) is 6.61 Å². The Hall–Kier alpha value is -1.09. The van der Waals surface area contributed by atoms with Crippen LogP contribution in [0, 0.1) is 0 Å². The van der Waals surface area contributed by atoms with Crippen molar-refractivity contribution in [1.29, 1.82) is 0 Å². The molecule has 0 saturated carbocycles. The van der Waals surface area contributed by atoms with Gasteiger partial charge < -0.3 is 9.84 Å². The Balaban J connectivity index is 2.66. The van der Waals surface area contributed by atoms with E-state index < -0.39 is 0 Å². The van der Waals surface area contributed by atoms with E-state index >= 15 is 0 Å². The van der Waals surface area contributed by atoms with Gasteiger partial charge in [-0.2, -0.15) is 0 Å². The van der Waals surface area contributed by atoms with Crippen LogP contribution in [-0.2, 0) is 9.53 Å². The minimum Gasteiger partial charge on any atom is -0.454 e. The van der Waals surface area contributed by atoms with Crippen LogP contribution in [0.15, 0.2) is 23.3 Å². The van der Waals surface area contributed by atoms with E-state index in [9.17, 15) is 4.79 Å². The molecule has 0 unspecified atom stereocenters. The lowest BCUT2D eigenvalue weighted by Gasteiger charge is -2.01. The van der Waals surface area contributed by atoms with Gasteiger partial charge in [-0.3, -0.25) is 0 Å². The lowest BCUT2D eigenvalue weighted by Crippen LogP contribution is -2.02. The molecule has 1 N–H and O–H groups in total.